The van der Waals surface area contributed by atoms with Crippen LogP contribution >= 0.6 is 0 Å². The summed E-state index contributed by atoms with van der Waals surface area (Å²) in [6, 6.07) is 18.6. The standard InChI is InChI=1S/C25H31N3O2/c1-19(24(29)26-22-13-14-22)27-15-17-28(18-16-27)25(30)23-10-6-5-9-21(23)12-11-20-7-3-2-4-8-20/h2-10,19,22H,11-18H2,1H3,(H,26,29). The molecule has 0 aromatic heterocycles. The lowest BCUT2D eigenvalue weighted by molar-refractivity contribution is -0.126. The van der Waals surface area contributed by atoms with Crippen LogP contribution in [0.2, 0.25) is 0 Å². The molecule has 2 aliphatic rings. The minimum Gasteiger partial charge on any atom is -0.352 e. The summed E-state index contributed by atoms with van der Waals surface area (Å²) in [7, 11) is 0. The zero-order valence-electron chi connectivity index (χ0n) is 17.7. The fraction of sp³-hybridized carbons (Fsp3) is 0.440. The number of rotatable bonds is 7. The molecule has 0 radical (unpaired) electrons. The second kappa shape index (κ2) is 9.43. The molecule has 0 bridgehead atoms. The van der Waals surface area contributed by atoms with Gasteiger partial charge in [-0.2, -0.15) is 0 Å². The lowest BCUT2D eigenvalue weighted by atomic mass is 9.99. The van der Waals surface area contributed by atoms with Crippen LogP contribution in [-0.2, 0) is 17.6 Å². The third-order valence-electron chi connectivity index (χ3n) is 6.23. The van der Waals surface area contributed by atoms with Crippen molar-refractivity contribution in [3.8, 4) is 0 Å². The first-order chi connectivity index (χ1) is 14.6. The first-order valence-corrected chi connectivity index (χ1v) is 11.1. The Bertz CT molecular complexity index is 871. The molecule has 5 heteroatoms. The normalized spacial score (nSPS) is 18.1. The minimum atomic E-state index is -0.138. The van der Waals surface area contributed by atoms with Crippen LogP contribution in [-0.4, -0.2) is 59.9 Å². The van der Waals surface area contributed by atoms with Crippen molar-refractivity contribution >= 4 is 11.8 Å². The number of hydrogen-bond donors (Lipinski definition) is 1. The predicted octanol–water partition coefficient (Wildman–Crippen LogP) is 2.90. The van der Waals surface area contributed by atoms with Crippen LogP contribution in [0.1, 0.15) is 41.3 Å². The molecular formula is C25H31N3O2. The highest BCUT2D eigenvalue weighted by molar-refractivity contribution is 5.95. The van der Waals surface area contributed by atoms with E-state index in [0.717, 1.165) is 49.9 Å². The van der Waals surface area contributed by atoms with Gasteiger partial charge in [0.2, 0.25) is 5.91 Å². The molecule has 1 aliphatic heterocycles. The topological polar surface area (TPSA) is 52.7 Å². The van der Waals surface area contributed by atoms with Crippen molar-refractivity contribution in [3.63, 3.8) is 0 Å². The molecule has 1 saturated carbocycles. The molecule has 1 atom stereocenters. The molecule has 1 aliphatic carbocycles. The van der Waals surface area contributed by atoms with Gasteiger partial charge in [-0.05, 0) is 49.8 Å². The third-order valence-corrected chi connectivity index (χ3v) is 6.23. The predicted molar refractivity (Wildman–Crippen MR) is 118 cm³/mol. The van der Waals surface area contributed by atoms with E-state index < -0.39 is 0 Å². The summed E-state index contributed by atoms with van der Waals surface area (Å²) in [6.45, 7) is 4.75. The summed E-state index contributed by atoms with van der Waals surface area (Å²) < 4.78 is 0. The highest BCUT2D eigenvalue weighted by Gasteiger charge is 2.31. The van der Waals surface area contributed by atoms with Crippen molar-refractivity contribution in [3.05, 3.63) is 71.3 Å². The average molecular weight is 406 g/mol. The molecule has 1 heterocycles. The summed E-state index contributed by atoms with van der Waals surface area (Å²) >= 11 is 0. The maximum atomic E-state index is 13.2. The largest absolute Gasteiger partial charge is 0.352 e. The van der Waals surface area contributed by atoms with Crippen LogP contribution in [0.4, 0.5) is 0 Å². The molecule has 1 N–H and O–H groups in total. The quantitative estimate of drug-likeness (QED) is 0.771. The number of amides is 2. The van der Waals surface area contributed by atoms with Crippen molar-refractivity contribution in [2.24, 2.45) is 0 Å². The fourth-order valence-electron chi connectivity index (χ4n) is 4.07. The van der Waals surface area contributed by atoms with Crippen LogP contribution in [0.25, 0.3) is 0 Å². The van der Waals surface area contributed by atoms with Crippen molar-refractivity contribution in [1.29, 1.82) is 0 Å². The Kier molecular flexibility index (Phi) is 6.48. The Balaban J connectivity index is 1.34. The monoisotopic (exact) mass is 405 g/mol. The molecule has 2 aromatic rings. The van der Waals surface area contributed by atoms with Crippen molar-refractivity contribution in [1.82, 2.24) is 15.1 Å². The second-order valence-corrected chi connectivity index (χ2v) is 8.43. The number of carbonyl (C=O) groups is 2. The Morgan fingerprint density at radius 3 is 2.30 bits per heavy atom. The lowest BCUT2D eigenvalue weighted by Gasteiger charge is -2.37. The van der Waals surface area contributed by atoms with Gasteiger partial charge in [0, 0.05) is 37.8 Å². The molecular weight excluding hydrogens is 374 g/mol. The molecule has 1 unspecified atom stereocenters. The summed E-state index contributed by atoms with van der Waals surface area (Å²) in [5.74, 6) is 0.219. The first-order valence-electron chi connectivity index (χ1n) is 11.1. The summed E-state index contributed by atoms with van der Waals surface area (Å²) in [5.41, 5.74) is 3.19. The van der Waals surface area contributed by atoms with Gasteiger partial charge < -0.3 is 10.2 Å². The van der Waals surface area contributed by atoms with E-state index in [0.29, 0.717) is 19.1 Å². The molecule has 30 heavy (non-hydrogen) atoms. The SMILES string of the molecule is CC(C(=O)NC1CC1)N1CCN(C(=O)c2ccccc2CCc2ccccc2)CC1. The molecule has 2 aromatic carbocycles. The van der Waals surface area contributed by atoms with Gasteiger partial charge in [0.25, 0.3) is 5.91 Å². The summed E-state index contributed by atoms with van der Waals surface area (Å²) in [5, 5.41) is 3.08. The minimum absolute atomic E-state index is 0.105. The van der Waals surface area contributed by atoms with Crippen molar-refractivity contribution in [2.75, 3.05) is 26.2 Å². The second-order valence-electron chi connectivity index (χ2n) is 8.43. The van der Waals surface area contributed by atoms with Crippen LogP contribution in [0.5, 0.6) is 0 Å². The van der Waals surface area contributed by atoms with Crippen LogP contribution in [0.15, 0.2) is 54.6 Å². The van der Waals surface area contributed by atoms with Gasteiger partial charge in [-0.1, -0.05) is 48.5 Å². The maximum absolute atomic E-state index is 13.2. The third kappa shape index (κ3) is 5.08. The van der Waals surface area contributed by atoms with Gasteiger partial charge in [0.05, 0.1) is 6.04 Å². The summed E-state index contributed by atoms with van der Waals surface area (Å²) in [6.07, 6.45) is 3.98. The van der Waals surface area contributed by atoms with Crippen molar-refractivity contribution < 1.29 is 9.59 Å². The Hall–Kier alpha value is -2.66. The van der Waals surface area contributed by atoms with Gasteiger partial charge in [0.15, 0.2) is 0 Å². The Morgan fingerprint density at radius 1 is 0.933 bits per heavy atom. The van der Waals surface area contributed by atoms with Crippen molar-refractivity contribution in [2.45, 2.75) is 44.7 Å². The maximum Gasteiger partial charge on any atom is 0.254 e. The smallest absolute Gasteiger partial charge is 0.254 e. The van der Waals surface area contributed by atoms with E-state index in [-0.39, 0.29) is 17.9 Å². The van der Waals surface area contributed by atoms with E-state index in [1.807, 2.05) is 36.1 Å². The average Bonchev–Trinajstić information content (AvgIpc) is 3.61. The number of benzene rings is 2. The fourth-order valence-corrected chi connectivity index (χ4v) is 4.07. The highest BCUT2D eigenvalue weighted by Crippen LogP contribution is 2.20. The van der Waals surface area contributed by atoms with Gasteiger partial charge >= 0.3 is 0 Å². The summed E-state index contributed by atoms with van der Waals surface area (Å²) in [4.78, 5) is 29.7. The van der Waals surface area contributed by atoms with E-state index in [1.165, 1.54) is 5.56 Å². The molecule has 2 amide bonds. The van der Waals surface area contributed by atoms with E-state index in [9.17, 15) is 9.59 Å². The number of hydrogen-bond acceptors (Lipinski definition) is 3. The first kappa shape index (κ1) is 20.6. The molecule has 2 fully saturated rings. The van der Waals surface area contributed by atoms with Crippen LogP contribution in [0, 0.1) is 0 Å². The number of aryl methyl sites for hydroxylation is 2. The van der Waals surface area contributed by atoms with Gasteiger partial charge in [-0.15, -0.1) is 0 Å². The number of nitrogens with one attached hydrogen (secondary N) is 1. The lowest BCUT2D eigenvalue weighted by Crippen LogP contribution is -2.55. The van der Waals surface area contributed by atoms with Gasteiger partial charge in [-0.25, -0.2) is 0 Å². The number of nitrogens with zero attached hydrogens (tertiary/aromatic N) is 2. The van der Waals surface area contributed by atoms with E-state index >= 15 is 0 Å². The molecule has 5 nitrogen and oxygen atoms in total. The molecule has 1 saturated heterocycles. The molecule has 158 valence electrons. The van der Waals surface area contributed by atoms with Gasteiger partial charge in [0.1, 0.15) is 0 Å². The van der Waals surface area contributed by atoms with E-state index in [4.69, 9.17) is 0 Å². The van der Waals surface area contributed by atoms with E-state index in [1.54, 1.807) is 0 Å². The number of piperazine rings is 1. The van der Waals surface area contributed by atoms with E-state index in [2.05, 4.69) is 40.5 Å². The highest BCUT2D eigenvalue weighted by atomic mass is 16.2. The Labute approximate surface area is 179 Å². The Morgan fingerprint density at radius 2 is 1.60 bits per heavy atom. The molecule has 4 rings (SSSR count). The zero-order chi connectivity index (χ0) is 20.9. The van der Waals surface area contributed by atoms with Gasteiger partial charge in [-0.3, -0.25) is 14.5 Å². The van der Waals surface area contributed by atoms with Crippen LogP contribution in [0.3, 0.4) is 0 Å². The number of carbonyl (C=O) groups excluding carboxylic acids is 2. The van der Waals surface area contributed by atoms with Crippen LogP contribution < -0.4 is 5.32 Å². The molecule has 0 spiro atoms. The zero-order valence-corrected chi connectivity index (χ0v) is 17.7.